The van der Waals surface area contributed by atoms with E-state index in [0.29, 0.717) is 0 Å². The SMILES string of the molecule is c1ccc2c(c1)oc1ccc3oc4cc5c(cc4c3c12)c1ccncc1c1nccn51. The minimum atomic E-state index is 0.851. The Bertz CT molecular complexity index is 2010. The van der Waals surface area contributed by atoms with Crippen molar-refractivity contribution in [1.29, 1.82) is 0 Å². The lowest BCUT2D eigenvalue weighted by molar-refractivity contribution is 0.663. The van der Waals surface area contributed by atoms with Crippen molar-refractivity contribution >= 4 is 71.2 Å². The second kappa shape index (κ2) is 5.21. The van der Waals surface area contributed by atoms with Crippen LogP contribution in [0.1, 0.15) is 0 Å². The van der Waals surface area contributed by atoms with Crippen molar-refractivity contribution in [2.45, 2.75) is 0 Å². The van der Waals surface area contributed by atoms with Gasteiger partial charge in [-0.2, -0.15) is 0 Å². The quantitative estimate of drug-likeness (QED) is 0.262. The lowest BCUT2D eigenvalue weighted by Gasteiger charge is -2.08. The van der Waals surface area contributed by atoms with Crippen LogP contribution < -0.4 is 0 Å². The van der Waals surface area contributed by atoms with Gasteiger partial charge in [-0.1, -0.05) is 18.2 Å². The molecule has 5 heterocycles. The molecule has 144 valence electrons. The molecule has 5 heteroatoms. The normalized spacial score (nSPS) is 12.5. The molecule has 0 saturated heterocycles. The Kier molecular flexibility index (Phi) is 2.60. The third kappa shape index (κ3) is 1.82. The molecule has 0 aliphatic heterocycles. The number of furan rings is 2. The summed E-state index contributed by atoms with van der Waals surface area (Å²) in [5.74, 6) is 0. The van der Waals surface area contributed by atoms with Crippen molar-refractivity contribution in [3.63, 3.8) is 0 Å². The van der Waals surface area contributed by atoms with Gasteiger partial charge in [0.2, 0.25) is 0 Å². The minimum Gasteiger partial charge on any atom is -0.456 e. The summed E-state index contributed by atoms with van der Waals surface area (Å²) in [5, 5.41) is 7.67. The molecule has 0 aliphatic carbocycles. The fourth-order valence-electron chi connectivity index (χ4n) is 5.04. The second-order valence-corrected chi connectivity index (χ2v) is 7.92. The molecule has 0 fully saturated rings. The number of para-hydroxylation sites is 1. The zero-order valence-electron chi connectivity index (χ0n) is 16.2. The van der Waals surface area contributed by atoms with Crippen LogP contribution in [-0.2, 0) is 0 Å². The Hall–Kier alpha value is -4.38. The number of rotatable bonds is 0. The molecule has 5 nitrogen and oxygen atoms in total. The van der Waals surface area contributed by atoms with Gasteiger partial charge < -0.3 is 8.83 Å². The Labute approximate surface area is 174 Å². The van der Waals surface area contributed by atoms with Crippen molar-refractivity contribution in [3.05, 3.63) is 79.4 Å². The number of hydrogen-bond donors (Lipinski definition) is 0. The van der Waals surface area contributed by atoms with E-state index in [1.54, 1.807) is 0 Å². The van der Waals surface area contributed by atoms with Crippen LogP contribution in [0.5, 0.6) is 0 Å². The van der Waals surface area contributed by atoms with Crippen LogP contribution in [0.2, 0.25) is 0 Å². The van der Waals surface area contributed by atoms with Crippen LogP contribution in [0, 0.1) is 0 Å². The first-order valence-electron chi connectivity index (χ1n) is 10.2. The van der Waals surface area contributed by atoms with Crippen LogP contribution in [0.15, 0.2) is 88.2 Å². The highest BCUT2D eigenvalue weighted by atomic mass is 16.3. The number of pyridine rings is 2. The van der Waals surface area contributed by atoms with Gasteiger partial charge in [0.25, 0.3) is 0 Å². The van der Waals surface area contributed by atoms with Crippen molar-refractivity contribution in [3.8, 4) is 0 Å². The van der Waals surface area contributed by atoms with Crippen LogP contribution >= 0.6 is 0 Å². The molecule has 0 unspecified atom stereocenters. The molecule has 0 N–H and O–H groups in total. The molecule has 0 aliphatic rings. The lowest BCUT2D eigenvalue weighted by atomic mass is 10.0. The van der Waals surface area contributed by atoms with Crippen molar-refractivity contribution < 1.29 is 8.83 Å². The molecule has 0 radical (unpaired) electrons. The molecule has 0 saturated carbocycles. The van der Waals surface area contributed by atoms with Gasteiger partial charge in [-0.05, 0) is 35.7 Å². The molecule has 0 amide bonds. The van der Waals surface area contributed by atoms with Gasteiger partial charge >= 0.3 is 0 Å². The highest BCUT2D eigenvalue weighted by molar-refractivity contribution is 6.27. The maximum absolute atomic E-state index is 6.34. The predicted molar refractivity (Wildman–Crippen MR) is 123 cm³/mol. The van der Waals surface area contributed by atoms with E-state index in [1.807, 2.05) is 55.1 Å². The van der Waals surface area contributed by atoms with E-state index in [9.17, 15) is 0 Å². The van der Waals surface area contributed by atoms with E-state index >= 15 is 0 Å². The van der Waals surface area contributed by atoms with E-state index in [-0.39, 0.29) is 0 Å². The van der Waals surface area contributed by atoms with E-state index in [1.165, 1.54) is 0 Å². The fourth-order valence-corrected chi connectivity index (χ4v) is 5.04. The molecule has 3 aromatic carbocycles. The van der Waals surface area contributed by atoms with Crippen LogP contribution in [-0.4, -0.2) is 14.4 Å². The number of aromatic nitrogens is 3. The summed E-state index contributed by atoms with van der Waals surface area (Å²) in [7, 11) is 0. The number of imidazole rings is 1. The van der Waals surface area contributed by atoms with Crippen LogP contribution in [0.3, 0.4) is 0 Å². The standard InChI is InChI=1S/C26H13N3O2/c1-2-4-20-15(3-1)24-21(30-20)5-6-22-25(24)17-11-16-14-7-8-27-13-18(14)26-28-9-10-29(26)19(16)12-23(17)31-22/h1-13H. The molecule has 8 rings (SSSR count). The van der Waals surface area contributed by atoms with Crippen molar-refractivity contribution in [2.24, 2.45) is 0 Å². The van der Waals surface area contributed by atoms with E-state index in [4.69, 9.17) is 8.83 Å². The first-order valence-corrected chi connectivity index (χ1v) is 10.2. The molecular weight excluding hydrogens is 386 g/mol. The largest absolute Gasteiger partial charge is 0.456 e. The number of fused-ring (bicyclic) bond motifs is 13. The molecule has 0 atom stereocenters. The van der Waals surface area contributed by atoms with Crippen molar-refractivity contribution in [1.82, 2.24) is 14.4 Å². The molecule has 8 aromatic rings. The Balaban J connectivity index is 1.67. The fraction of sp³-hybridized carbons (Fsp3) is 0. The van der Waals surface area contributed by atoms with E-state index < -0.39 is 0 Å². The van der Waals surface area contributed by atoms with E-state index in [2.05, 4.69) is 38.6 Å². The van der Waals surface area contributed by atoms with Crippen molar-refractivity contribution in [2.75, 3.05) is 0 Å². The Morgan fingerprint density at radius 3 is 2.42 bits per heavy atom. The Morgan fingerprint density at radius 1 is 0.645 bits per heavy atom. The highest BCUT2D eigenvalue weighted by Crippen LogP contribution is 2.41. The molecule has 5 aromatic heterocycles. The summed E-state index contributed by atoms with van der Waals surface area (Å²) in [4.78, 5) is 8.90. The first-order chi connectivity index (χ1) is 15.4. The van der Waals surface area contributed by atoms with Crippen LogP contribution in [0.4, 0.5) is 0 Å². The molecule has 0 bridgehead atoms. The van der Waals surface area contributed by atoms with Gasteiger partial charge in [-0.15, -0.1) is 0 Å². The van der Waals surface area contributed by atoms with Gasteiger partial charge in [-0.3, -0.25) is 9.38 Å². The predicted octanol–water partition coefficient (Wildman–Crippen LogP) is 6.83. The van der Waals surface area contributed by atoms with Gasteiger partial charge in [0, 0.05) is 63.2 Å². The monoisotopic (exact) mass is 399 g/mol. The van der Waals surface area contributed by atoms with Gasteiger partial charge in [0.15, 0.2) is 0 Å². The smallest absolute Gasteiger partial charge is 0.146 e. The Morgan fingerprint density at radius 2 is 1.48 bits per heavy atom. The number of nitrogens with zero attached hydrogens (tertiary/aromatic N) is 3. The summed E-state index contributed by atoms with van der Waals surface area (Å²) in [6.07, 6.45) is 7.53. The summed E-state index contributed by atoms with van der Waals surface area (Å²) < 4.78 is 14.6. The highest BCUT2D eigenvalue weighted by Gasteiger charge is 2.18. The first kappa shape index (κ1) is 15.5. The van der Waals surface area contributed by atoms with E-state index in [0.717, 1.165) is 71.2 Å². The second-order valence-electron chi connectivity index (χ2n) is 7.92. The van der Waals surface area contributed by atoms with Gasteiger partial charge in [0.1, 0.15) is 28.0 Å². The summed E-state index contributed by atoms with van der Waals surface area (Å²) in [6.45, 7) is 0. The zero-order chi connectivity index (χ0) is 20.1. The summed E-state index contributed by atoms with van der Waals surface area (Å²) in [5.41, 5.74) is 5.42. The summed E-state index contributed by atoms with van der Waals surface area (Å²) in [6, 6.07) is 18.6. The number of benzene rings is 3. The third-order valence-corrected chi connectivity index (χ3v) is 6.34. The minimum absolute atomic E-state index is 0.851. The lowest BCUT2D eigenvalue weighted by Crippen LogP contribution is -1.91. The average Bonchev–Trinajstić information content (AvgIpc) is 3.52. The average molecular weight is 399 g/mol. The number of hydrogen-bond acceptors (Lipinski definition) is 4. The zero-order valence-corrected chi connectivity index (χ0v) is 16.2. The maximum Gasteiger partial charge on any atom is 0.146 e. The molecule has 0 spiro atoms. The summed E-state index contributed by atoms with van der Waals surface area (Å²) >= 11 is 0. The maximum atomic E-state index is 6.34. The molecule has 31 heavy (non-hydrogen) atoms. The van der Waals surface area contributed by atoms with Crippen LogP contribution in [0.25, 0.3) is 71.2 Å². The van der Waals surface area contributed by atoms with Gasteiger partial charge in [-0.25, -0.2) is 4.98 Å². The van der Waals surface area contributed by atoms with Gasteiger partial charge in [0.05, 0.1) is 5.52 Å². The molecular formula is C26H13N3O2. The third-order valence-electron chi connectivity index (χ3n) is 6.34. The topological polar surface area (TPSA) is 56.5 Å².